The molecule has 5 heteroatoms. The van der Waals surface area contributed by atoms with E-state index in [0.717, 1.165) is 15.6 Å². The molecule has 0 amide bonds. The first kappa shape index (κ1) is 12.7. The second-order valence-electron chi connectivity index (χ2n) is 4.12. The molecular formula is C15H9BrN2O2. The second kappa shape index (κ2) is 5.38. The molecule has 0 unspecified atom stereocenters. The van der Waals surface area contributed by atoms with E-state index >= 15 is 0 Å². The molecule has 0 N–H and O–H groups in total. The van der Waals surface area contributed by atoms with Crippen LogP contribution in [-0.2, 0) is 9.53 Å². The molecule has 0 atom stereocenters. The number of aromatic nitrogens is 1. The maximum atomic E-state index is 11.8. The van der Waals surface area contributed by atoms with Crippen LogP contribution in [0.25, 0.3) is 6.08 Å². The molecule has 0 fully saturated rings. The highest BCUT2D eigenvalue weighted by molar-refractivity contribution is 9.10. The molecule has 0 radical (unpaired) electrons. The van der Waals surface area contributed by atoms with Gasteiger partial charge in [0.25, 0.3) is 0 Å². The fourth-order valence-electron chi connectivity index (χ4n) is 1.74. The van der Waals surface area contributed by atoms with Crippen LogP contribution in [0.15, 0.2) is 64.0 Å². The molecule has 2 aromatic rings. The SMILES string of the molecule is O=C1OC(c2ccc(Br)cc2)=NC1=Cc1ccncc1. The highest BCUT2D eigenvalue weighted by atomic mass is 79.9. The third-order valence-corrected chi connectivity index (χ3v) is 3.25. The fourth-order valence-corrected chi connectivity index (χ4v) is 2.01. The molecule has 1 aliphatic rings. The van der Waals surface area contributed by atoms with E-state index in [1.54, 1.807) is 30.6 Å². The molecule has 1 aromatic carbocycles. The molecule has 20 heavy (non-hydrogen) atoms. The first-order valence-electron chi connectivity index (χ1n) is 5.91. The Hall–Kier alpha value is -2.27. The summed E-state index contributed by atoms with van der Waals surface area (Å²) in [5.41, 5.74) is 1.90. The summed E-state index contributed by atoms with van der Waals surface area (Å²) in [6.45, 7) is 0. The van der Waals surface area contributed by atoms with Gasteiger partial charge in [-0.05, 0) is 48.0 Å². The quantitative estimate of drug-likeness (QED) is 0.628. The summed E-state index contributed by atoms with van der Waals surface area (Å²) in [5, 5.41) is 0. The lowest BCUT2D eigenvalue weighted by Crippen LogP contribution is -2.05. The van der Waals surface area contributed by atoms with E-state index in [-0.39, 0.29) is 5.70 Å². The van der Waals surface area contributed by atoms with E-state index in [2.05, 4.69) is 25.9 Å². The van der Waals surface area contributed by atoms with E-state index in [9.17, 15) is 4.79 Å². The van der Waals surface area contributed by atoms with Gasteiger partial charge in [-0.25, -0.2) is 9.79 Å². The standard InChI is InChI=1S/C15H9BrN2O2/c16-12-3-1-11(2-4-12)14-18-13(15(19)20-14)9-10-5-7-17-8-6-10/h1-9H. The summed E-state index contributed by atoms with van der Waals surface area (Å²) in [7, 11) is 0. The van der Waals surface area contributed by atoms with Gasteiger partial charge in [-0.2, -0.15) is 0 Å². The molecule has 0 saturated heterocycles. The fraction of sp³-hybridized carbons (Fsp3) is 0. The van der Waals surface area contributed by atoms with Crippen LogP contribution in [0.1, 0.15) is 11.1 Å². The third-order valence-electron chi connectivity index (χ3n) is 2.72. The molecule has 4 nitrogen and oxygen atoms in total. The van der Waals surface area contributed by atoms with Crippen molar-refractivity contribution in [2.45, 2.75) is 0 Å². The number of hydrogen-bond acceptors (Lipinski definition) is 4. The van der Waals surface area contributed by atoms with Crippen LogP contribution in [0.4, 0.5) is 0 Å². The summed E-state index contributed by atoms with van der Waals surface area (Å²) in [4.78, 5) is 20.0. The maximum Gasteiger partial charge on any atom is 0.363 e. The number of rotatable bonds is 2. The van der Waals surface area contributed by atoms with Gasteiger partial charge in [-0.15, -0.1) is 0 Å². The number of esters is 1. The van der Waals surface area contributed by atoms with Gasteiger partial charge in [-0.3, -0.25) is 4.98 Å². The number of benzene rings is 1. The Bertz CT molecular complexity index is 706. The predicted octanol–water partition coefficient (Wildman–Crippen LogP) is 3.19. The van der Waals surface area contributed by atoms with Gasteiger partial charge in [0.1, 0.15) is 0 Å². The number of ether oxygens (including phenoxy) is 1. The molecule has 1 aliphatic heterocycles. The normalized spacial score (nSPS) is 16.1. The number of aliphatic imine (C=N–C) groups is 1. The average molecular weight is 329 g/mol. The molecule has 0 bridgehead atoms. The minimum absolute atomic E-state index is 0.286. The number of hydrogen-bond donors (Lipinski definition) is 0. The van der Waals surface area contributed by atoms with Crippen LogP contribution in [-0.4, -0.2) is 16.9 Å². The Morgan fingerprint density at radius 3 is 2.45 bits per heavy atom. The van der Waals surface area contributed by atoms with Crippen molar-refractivity contribution >= 4 is 33.9 Å². The van der Waals surface area contributed by atoms with Crippen LogP contribution >= 0.6 is 15.9 Å². The average Bonchev–Trinajstić information content (AvgIpc) is 2.82. The van der Waals surface area contributed by atoms with Crippen molar-refractivity contribution in [3.8, 4) is 0 Å². The minimum Gasteiger partial charge on any atom is -0.402 e. The first-order chi connectivity index (χ1) is 9.72. The van der Waals surface area contributed by atoms with Gasteiger partial charge in [-0.1, -0.05) is 15.9 Å². The van der Waals surface area contributed by atoms with Crippen LogP contribution in [0.2, 0.25) is 0 Å². The zero-order valence-corrected chi connectivity index (χ0v) is 11.9. The Morgan fingerprint density at radius 2 is 1.75 bits per heavy atom. The molecule has 0 saturated carbocycles. The number of carbonyl (C=O) groups is 1. The highest BCUT2D eigenvalue weighted by Crippen LogP contribution is 2.20. The molecule has 3 rings (SSSR count). The predicted molar refractivity (Wildman–Crippen MR) is 79.0 cm³/mol. The van der Waals surface area contributed by atoms with Crippen molar-refractivity contribution in [3.05, 3.63) is 70.1 Å². The van der Waals surface area contributed by atoms with Gasteiger partial charge in [0.2, 0.25) is 5.90 Å². The summed E-state index contributed by atoms with van der Waals surface area (Å²) >= 11 is 3.36. The molecular weight excluding hydrogens is 320 g/mol. The monoisotopic (exact) mass is 328 g/mol. The number of carbonyl (C=O) groups excluding carboxylic acids is 1. The van der Waals surface area contributed by atoms with Gasteiger partial charge < -0.3 is 4.74 Å². The van der Waals surface area contributed by atoms with E-state index in [4.69, 9.17) is 4.74 Å². The topological polar surface area (TPSA) is 51.5 Å². The molecule has 2 heterocycles. The first-order valence-corrected chi connectivity index (χ1v) is 6.70. The van der Waals surface area contributed by atoms with Crippen molar-refractivity contribution < 1.29 is 9.53 Å². The highest BCUT2D eigenvalue weighted by Gasteiger charge is 2.23. The lowest BCUT2D eigenvalue weighted by molar-refractivity contribution is -0.129. The number of pyridine rings is 1. The molecule has 1 aromatic heterocycles. The number of cyclic esters (lactones) is 1. The van der Waals surface area contributed by atoms with Crippen molar-refractivity contribution in [1.29, 1.82) is 0 Å². The third kappa shape index (κ3) is 2.67. The smallest absolute Gasteiger partial charge is 0.363 e. The van der Waals surface area contributed by atoms with Gasteiger partial charge >= 0.3 is 5.97 Å². The molecule has 0 aliphatic carbocycles. The van der Waals surface area contributed by atoms with Gasteiger partial charge in [0.05, 0.1) is 0 Å². The number of nitrogens with zero attached hydrogens (tertiary/aromatic N) is 2. The zero-order valence-electron chi connectivity index (χ0n) is 10.3. The minimum atomic E-state index is -0.445. The van der Waals surface area contributed by atoms with Crippen LogP contribution in [0, 0.1) is 0 Å². The van der Waals surface area contributed by atoms with E-state index in [1.165, 1.54) is 0 Å². The van der Waals surface area contributed by atoms with E-state index < -0.39 is 5.97 Å². The molecule has 0 spiro atoms. The summed E-state index contributed by atoms with van der Waals surface area (Å²) in [6, 6.07) is 11.0. The zero-order chi connectivity index (χ0) is 13.9. The van der Waals surface area contributed by atoms with Crippen LogP contribution < -0.4 is 0 Å². The summed E-state index contributed by atoms with van der Waals surface area (Å²) in [5.74, 6) is -0.123. The van der Waals surface area contributed by atoms with Crippen molar-refractivity contribution in [1.82, 2.24) is 4.98 Å². The van der Waals surface area contributed by atoms with Crippen molar-refractivity contribution in [2.24, 2.45) is 4.99 Å². The second-order valence-corrected chi connectivity index (χ2v) is 5.04. The Labute approximate surface area is 124 Å². The molecule has 98 valence electrons. The lowest BCUT2D eigenvalue weighted by atomic mass is 10.2. The van der Waals surface area contributed by atoms with Crippen LogP contribution in [0.3, 0.4) is 0 Å². The Balaban J connectivity index is 1.93. The number of halogens is 1. The maximum absolute atomic E-state index is 11.8. The largest absolute Gasteiger partial charge is 0.402 e. The van der Waals surface area contributed by atoms with Crippen molar-refractivity contribution in [3.63, 3.8) is 0 Å². The van der Waals surface area contributed by atoms with E-state index in [1.807, 2.05) is 24.3 Å². The Morgan fingerprint density at radius 1 is 1.05 bits per heavy atom. The Kier molecular flexibility index (Phi) is 3.43. The summed E-state index contributed by atoms with van der Waals surface area (Å²) in [6.07, 6.45) is 4.99. The van der Waals surface area contributed by atoms with Gasteiger partial charge in [0, 0.05) is 22.4 Å². The lowest BCUT2D eigenvalue weighted by Gasteiger charge is -1.98. The summed E-state index contributed by atoms with van der Waals surface area (Å²) < 4.78 is 6.14. The van der Waals surface area contributed by atoms with Gasteiger partial charge in [0.15, 0.2) is 5.70 Å². The van der Waals surface area contributed by atoms with Crippen molar-refractivity contribution in [2.75, 3.05) is 0 Å². The van der Waals surface area contributed by atoms with E-state index in [0.29, 0.717) is 5.90 Å². The van der Waals surface area contributed by atoms with Crippen LogP contribution in [0.5, 0.6) is 0 Å².